The molecule has 1 N–H and O–H groups in total. The zero-order valence-electron chi connectivity index (χ0n) is 19.0. The van der Waals surface area contributed by atoms with Crippen molar-refractivity contribution >= 4 is 28.4 Å². The number of carbonyl (C=O) groups excluding carboxylic acids is 1. The number of amides is 1. The van der Waals surface area contributed by atoms with Crippen LogP contribution in [0.5, 0.6) is 0 Å². The van der Waals surface area contributed by atoms with Gasteiger partial charge in [-0.3, -0.25) is 14.2 Å². The molecule has 4 rings (SSSR count). The summed E-state index contributed by atoms with van der Waals surface area (Å²) in [5.41, 5.74) is 1.75. The summed E-state index contributed by atoms with van der Waals surface area (Å²) in [6.45, 7) is 2.96. The van der Waals surface area contributed by atoms with Gasteiger partial charge in [0.2, 0.25) is 5.91 Å². The van der Waals surface area contributed by atoms with Crippen molar-refractivity contribution in [1.29, 1.82) is 0 Å². The Morgan fingerprint density at radius 3 is 2.38 bits per heavy atom. The molecule has 0 aliphatic carbocycles. The third-order valence-corrected chi connectivity index (χ3v) is 6.12. The minimum absolute atomic E-state index is 0.0498. The average Bonchev–Trinajstić information content (AvgIpc) is 2.84. The van der Waals surface area contributed by atoms with Crippen LogP contribution in [0.2, 0.25) is 5.02 Å². The van der Waals surface area contributed by atoms with E-state index in [1.165, 1.54) is 4.57 Å². The number of hydrogen-bond donors (Lipinski definition) is 1. The van der Waals surface area contributed by atoms with Gasteiger partial charge in [0.15, 0.2) is 0 Å². The van der Waals surface area contributed by atoms with Crippen molar-refractivity contribution in [1.82, 2.24) is 14.5 Å². The van der Waals surface area contributed by atoms with Gasteiger partial charge in [-0.05, 0) is 47.9 Å². The molecule has 1 heterocycles. The lowest BCUT2D eigenvalue weighted by Gasteiger charge is -2.15. The lowest BCUT2D eigenvalue weighted by Crippen LogP contribution is -2.39. The number of rotatable bonds is 8. The van der Waals surface area contributed by atoms with Crippen molar-refractivity contribution in [2.24, 2.45) is 0 Å². The number of hydrogen-bond acceptors (Lipinski definition) is 3. The molecule has 1 amide bonds. The Bertz CT molecular complexity index is 1440. The van der Waals surface area contributed by atoms with Crippen LogP contribution in [0.4, 0.5) is 0 Å². The lowest BCUT2D eigenvalue weighted by atomic mass is 10.1. The predicted octanol–water partition coefficient (Wildman–Crippen LogP) is 4.31. The summed E-state index contributed by atoms with van der Waals surface area (Å²) in [5, 5.41) is 3.89. The number of nitrogens with one attached hydrogen (secondary N) is 1. The van der Waals surface area contributed by atoms with Gasteiger partial charge in [0.1, 0.15) is 0 Å². The summed E-state index contributed by atoms with van der Waals surface area (Å²) in [6.07, 6.45) is 2.20. The molecule has 0 fully saturated rings. The summed E-state index contributed by atoms with van der Waals surface area (Å²) in [4.78, 5) is 39.0. The Kier molecular flexibility index (Phi) is 7.28. The summed E-state index contributed by atoms with van der Waals surface area (Å²) in [7, 11) is 0. The molecule has 0 spiro atoms. The average molecular weight is 476 g/mol. The zero-order chi connectivity index (χ0) is 24.1. The molecule has 0 radical (unpaired) electrons. The molecule has 3 aromatic carbocycles. The summed E-state index contributed by atoms with van der Waals surface area (Å²) >= 11 is 6.35. The van der Waals surface area contributed by atoms with E-state index in [0.717, 1.165) is 24.0 Å². The molecule has 0 saturated heterocycles. The minimum atomic E-state index is -0.450. The van der Waals surface area contributed by atoms with Crippen LogP contribution in [0.15, 0.2) is 82.4 Å². The second kappa shape index (κ2) is 10.5. The van der Waals surface area contributed by atoms with E-state index in [1.54, 1.807) is 59.2 Å². The Hall–Kier alpha value is -3.64. The number of benzene rings is 3. The van der Waals surface area contributed by atoms with E-state index in [0.29, 0.717) is 28.2 Å². The highest BCUT2D eigenvalue weighted by Gasteiger charge is 2.15. The molecular formula is C27H26ClN3O3. The normalized spacial score (nSPS) is 11.0. The number of aromatic nitrogens is 2. The summed E-state index contributed by atoms with van der Waals surface area (Å²) in [5.74, 6) is -0.0498. The molecule has 174 valence electrons. The van der Waals surface area contributed by atoms with Crippen molar-refractivity contribution in [2.45, 2.75) is 32.7 Å². The van der Waals surface area contributed by atoms with Crippen LogP contribution in [0.3, 0.4) is 0 Å². The van der Waals surface area contributed by atoms with E-state index < -0.39 is 5.69 Å². The SMILES string of the molecule is CCCCNC(=O)Cc1ccc(-n2c(=O)c3ccccc3n(Cc3ccccc3Cl)c2=O)cc1. The molecule has 0 aliphatic heterocycles. The molecular weight excluding hydrogens is 450 g/mol. The lowest BCUT2D eigenvalue weighted by molar-refractivity contribution is -0.120. The molecule has 1 aromatic heterocycles. The summed E-state index contributed by atoms with van der Waals surface area (Å²) in [6, 6.07) is 21.3. The van der Waals surface area contributed by atoms with Gasteiger partial charge in [-0.25, -0.2) is 9.36 Å². The standard InChI is InChI=1S/C27H26ClN3O3/c1-2-3-16-29-25(32)17-19-12-14-21(15-13-19)31-26(33)22-9-5-7-11-24(22)30(27(31)34)18-20-8-4-6-10-23(20)28/h4-15H,2-3,16-18H2,1H3,(H,29,32). The molecule has 0 saturated carbocycles. The quantitative estimate of drug-likeness (QED) is 0.386. The van der Waals surface area contributed by atoms with E-state index in [4.69, 9.17) is 11.6 Å². The minimum Gasteiger partial charge on any atom is -0.356 e. The van der Waals surface area contributed by atoms with Crippen LogP contribution in [0, 0.1) is 0 Å². The van der Waals surface area contributed by atoms with Crippen LogP contribution in [0.25, 0.3) is 16.6 Å². The van der Waals surface area contributed by atoms with E-state index in [2.05, 4.69) is 12.2 Å². The van der Waals surface area contributed by atoms with Crippen molar-refractivity contribution in [3.05, 3.63) is 110 Å². The van der Waals surface area contributed by atoms with Crippen LogP contribution in [-0.2, 0) is 17.8 Å². The first kappa shape index (κ1) is 23.5. The van der Waals surface area contributed by atoms with Crippen molar-refractivity contribution in [2.75, 3.05) is 6.54 Å². The molecule has 4 aromatic rings. The third-order valence-electron chi connectivity index (χ3n) is 5.75. The number of fused-ring (bicyclic) bond motifs is 1. The van der Waals surface area contributed by atoms with Gasteiger partial charge in [-0.2, -0.15) is 0 Å². The third kappa shape index (κ3) is 4.97. The van der Waals surface area contributed by atoms with Gasteiger partial charge in [0.05, 0.1) is 29.6 Å². The first-order chi connectivity index (χ1) is 16.5. The van der Waals surface area contributed by atoms with Crippen molar-refractivity contribution < 1.29 is 4.79 Å². The number of unbranched alkanes of at least 4 members (excludes halogenated alkanes) is 1. The predicted molar refractivity (Wildman–Crippen MR) is 136 cm³/mol. The number of halogens is 1. The molecule has 7 heteroatoms. The largest absolute Gasteiger partial charge is 0.356 e. The van der Waals surface area contributed by atoms with Gasteiger partial charge in [-0.1, -0.05) is 67.4 Å². The highest BCUT2D eigenvalue weighted by atomic mass is 35.5. The molecule has 0 atom stereocenters. The van der Waals surface area contributed by atoms with Gasteiger partial charge < -0.3 is 5.32 Å². The first-order valence-corrected chi connectivity index (χ1v) is 11.7. The maximum atomic E-state index is 13.5. The Labute approximate surface area is 202 Å². The smallest absolute Gasteiger partial charge is 0.336 e. The monoisotopic (exact) mass is 475 g/mol. The zero-order valence-corrected chi connectivity index (χ0v) is 19.7. The van der Waals surface area contributed by atoms with Crippen molar-refractivity contribution in [3.8, 4) is 5.69 Å². The molecule has 0 unspecified atom stereocenters. The van der Waals surface area contributed by atoms with Crippen LogP contribution in [0.1, 0.15) is 30.9 Å². The fourth-order valence-electron chi connectivity index (χ4n) is 3.91. The second-order valence-electron chi connectivity index (χ2n) is 8.16. The van der Waals surface area contributed by atoms with E-state index in [9.17, 15) is 14.4 Å². The van der Waals surface area contributed by atoms with E-state index in [1.807, 2.05) is 18.2 Å². The second-order valence-corrected chi connectivity index (χ2v) is 8.57. The molecule has 0 bridgehead atoms. The molecule has 34 heavy (non-hydrogen) atoms. The maximum Gasteiger partial charge on any atom is 0.336 e. The van der Waals surface area contributed by atoms with Gasteiger partial charge in [-0.15, -0.1) is 0 Å². The Morgan fingerprint density at radius 1 is 0.941 bits per heavy atom. The highest BCUT2D eigenvalue weighted by molar-refractivity contribution is 6.31. The van der Waals surface area contributed by atoms with Crippen LogP contribution >= 0.6 is 11.6 Å². The maximum absolute atomic E-state index is 13.5. The molecule has 0 aliphatic rings. The Balaban J connectivity index is 1.73. The number of para-hydroxylation sites is 1. The van der Waals surface area contributed by atoms with Gasteiger partial charge in [0.25, 0.3) is 5.56 Å². The fourth-order valence-corrected chi connectivity index (χ4v) is 4.11. The van der Waals surface area contributed by atoms with Crippen molar-refractivity contribution in [3.63, 3.8) is 0 Å². The van der Waals surface area contributed by atoms with Gasteiger partial charge in [0, 0.05) is 11.6 Å². The summed E-state index contributed by atoms with van der Waals surface area (Å²) < 4.78 is 2.73. The Morgan fingerprint density at radius 2 is 1.65 bits per heavy atom. The van der Waals surface area contributed by atoms with E-state index in [-0.39, 0.29) is 24.4 Å². The number of carbonyl (C=O) groups is 1. The van der Waals surface area contributed by atoms with Crippen LogP contribution in [-0.4, -0.2) is 21.6 Å². The first-order valence-electron chi connectivity index (χ1n) is 11.3. The fraction of sp³-hybridized carbons (Fsp3) is 0.222. The topological polar surface area (TPSA) is 73.1 Å². The van der Waals surface area contributed by atoms with E-state index >= 15 is 0 Å². The molecule has 6 nitrogen and oxygen atoms in total. The van der Waals surface area contributed by atoms with Crippen LogP contribution < -0.4 is 16.6 Å². The number of nitrogens with zero attached hydrogens (tertiary/aromatic N) is 2. The highest BCUT2D eigenvalue weighted by Crippen LogP contribution is 2.18. The van der Waals surface area contributed by atoms with Gasteiger partial charge >= 0.3 is 5.69 Å².